The van der Waals surface area contributed by atoms with Gasteiger partial charge < -0.3 is 5.32 Å². The van der Waals surface area contributed by atoms with Crippen molar-refractivity contribution in [1.82, 2.24) is 15.1 Å². The molecule has 1 N–H and O–H groups in total. The maximum Gasteiger partial charge on any atom is 0.325 e. The number of nitrogens with zero attached hydrogens (tertiary/aromatic N) is 2. The van der Waals surface area contributed by atoms with Crippen LogP contribution in [0.5, 0.6) is 0 Å². The Morgan fingerprint density at radius 1 is 1.32 bits per heavy atom. The van der Waals surface area contributed by atoms with Gasteiger partial charge in [0.25, 0.3) is 5.91 Å². The lowest BCUT2D eigenvalue weighted by Gasteiger charge is -2.27. The molecule has 6 heteroatoms. The van der Waals surface area contributed by atoms with Crippen LogP contribution in [0.1, 0.15) is 32.4 Å². The molecule has 0 bridgehead atoms. The summed E-state index contributed by atoms with van der Waals surface area (Å²) in [7, 11) is 1.85. The summed E-state index contributed by atoms with van der Waals surface area (Å²) in [6.07, 6.45) is 0. The van der Waals surface area contributed by atoms with E-state index < -0.39 is 5.54 Å². The van der Waals surface area contributed by atoms with Gasteiger partial charge in [-0.25, -0.2) is 9.18 Å². The number of likely N-dealkylation sites (N-methyl/N-ethyl adjacent to an activating group) is 1. The van der Waals surface area contributed by atoms with Crippen LogP contribution in [-0.4, -0.2) is 47.4 Å². The van der Waals surface area contributed by atoms with Gasteiger partial charge in [-0.3, -0.25) is 14.6 Å². The van der Waals surface area contributed by atoms with Crippen LogP contribution in [0, 0.1) is 5.82 Å². The van der Waals surface area contributed by atoms with Crippen LogP contribution >= 0.6 is 0 Å². The van der Waals surface area contributed by atoms with Gasteiger partial charge in [0, 0.05) is 24.7 Å². The van der Waals surface area contributed by atoms with Crippen molar-refractivity contribution in [2.45, 2.75) is 32.4 Å². The Morgan fingerprint density at radius 2 is 1.95 bits per heavy atom. The van der Waals surface area contributed by atoms with E-state index in [1.807, 2.05) is 18.9 Å². The summed E-state index contributed by atoms with van der Waals surface area (Å²) in [4.78, 5) is 27.1. The van der Waals surface area contributed by atoms with E-state index in [-0.39, 0.29) is 30.3 Å². The molecule has 1 fully saturated rings. The van der Waals surface area contributed by atoms with Crippen LogP contribution in [0.25, 0.3) is 0 Å². The first-order chi connectivity index (χ1) is 10.2. The number of nitrogens with one attached hydrogen (secondary N) is 1. The van der Waals surface area contributed by atoms with E-state index in [0.717, 1.165) is 0 Å². The summed E-state index contributed by atoms with van der Waals surface area (Å²) in [5.74, 6) is -0.484. The van der Waals surface area contributed by atoms with Crippen molar-refractivity contribution in [3.63, 3.8) is 0 Å². The van der Waals surface area contributed by atoms with Gasteiger partial charge >= 0.3 is 6.03 Å². The Morgan fingerprint density at radius 3 is 2.50 bits per heavy atom. The summed E-state index contributed by atoms with van der Waals surface area (Å²) in [5.41, 5.74) is -0.255. The van der Waals surface area contributed by atoms with Crippen LogP contribution in [0.15, 0.2) is 24.3 Å². The molecule has 2 rings (SSSR count). The number of rotatable bonds is 5. The molecule has 3 amide bonds. The highest BCUT2D eigenvalue weighted by molar-refractivity contribution is 6.06. The smallest absolute Gasteiger partial charge is 0.324 e. The second-order valence-electron chi connectivity index (χ2n) is 6.19. The van der Waals surface area contributed by atoms with Gasteiger partial charge in [-0.05, 0) is 33.9 Å². The van der Waals surface area contributed by atoms with Gasteiger partial charge in [0.1, 0.15) is 11.4 Å². The molecule has 1 heterocycles. The molecule has 22 heavy (non-hydrogen) atoms. The molecular weight excluding hydrogens is 285 g/mol. The molecule has 0 aliphatic carbocycles. The second kappa shape index (κ2) is 6.04. The largest absolute Gasteiger partial charge is 0.325 e. The SMILES string of the molecule is CC(c1ccccc1F)N(C)CCN1C(=O)NC(C)(C)C1=O. The minimum absolute atomic E-state index is 0.144. The van der Waals surface area contributed by atoms with Gasteiger partial charge in [0.2, 0.25) is 0 Å². The average molecular weight is 307 g/mol. The number of halogens is 1. The summed E-state index contributed by atoms with van der Waals surface area (Å²) in [6.45, 7) is 6.01. The van der Waals surface area contributed by atoms with Crippen LogP contribution in [0.4, 0.5) is 9.18 Å². The Hall–Kier alpha value is -1.95. The number of carbonyl (C=O) groups excluding carboxylic acids is 2. The highest BCUT2D eigenvalue weighted by Gasteiger charge is 2.43. The first-order valence-corrected chi connectivity index (χ1v) is 7.33. The van der Waals surface area contributed by atoms with Crippen molar-refractivity contribution in [2.75, 3.05) is 20.1 Å². The molecule has 1 aliphatic heterocycles. The summed E-state index contributed by atoms with van der Waals surface area (Å²) in [5, 5.41) is 2.65. The van der Waals surface area contributed by atoms with E-state index in [4.69, 9.17) is 0 Å². The molecule has 0 aromatic heterocycles. The minimum Gasteiger partial charge on any atom is -0.324 e. The third-order valence-electron chi connectivity index (χ3n) is 4.14. The minimum atomic E-state index is -0.854. The quantitative estimate of drug-likeness (QED) is 0.848. The number of imide groups is 1. The van der Waals surface area contributed by atoms with Gasteiger partial charge in [-0.2, -0.15) is 0 Å². The molecule has 0 saturated carbocycles. The maximum absolute atomic E-state index is 13.8. The summed E-state index contributed by atoms with van der Waals surface area (Å²) < 4.78 is 13.8. The fourth-order valence-electron chi connectivity index (χ4n) is 2.52. The van der Waals surface area contributed by atoms with Crippen LogP contribution in [0.2, 0.25) is 0 Å². The van der Waals surface area contributed by atoms with E-state index in [0.29, 0.717) is 12.1 Å². The number of amides is 3. The molecular formula is C16H22FN3O2. The van der Waals surface area contributed by atoms with Crippen molar-refractivity contribution in [2.24, 2.45) is 0 Å². The van der Waals surface area contributed by atoms with E-state index in [1.165, 1.54) is 11.0 Å². The predicted octanol–water partition coefficient (Wildman–Crippen LogP) is 2.15. The monoisotopic (exact) mass is 307 g/mol. The van der Waals surface area contributed by atoms with Crippen molar-refractivity contribution in [1.29, 1.82) is 0 Å². The molecule has 1 unspecified atom stereocenters. The molecule has 0 spiro atoms. The van der Waals surface area contributed by atoms with Crippen molar-refractivity contribution < 1.29 is 14.0 Å². The molecule has 1 saturated heterocycles. The van der Waals surface area contributed by atoms with E-state index in [1.54, 1.807) is 32.0 Å². The van der Waals surface area contributed by atoms with Crippen molar-refractivity contribution >= 4 is 11.9 Å². The molecule has 1 aromatic rings. The second-order valence-corrected chi connectivity index (χ2v) is 6.19. The van der Waals surface area contributed by atoms with E-state index >= 15 is 0 Å². The Kier molecular flexibility index (Phi) is 4.51. The predicted molar refractivity (Wildman–Crippen MR) is 81.8 cm³/mol. The maximum atomic E-state index is 13.8. The van der Waals surface area contributed by atoms with Crippen molar-refractivity contribution in [3.8, 4) is 0 Å². The number of urea groups is 1. The Labute approximate surface area is 130 Å². The van der Waals surface area contributed by atoms with E-state index in [2.05, 4.69) is 5.32 Å². The third kappa shape index (κ3) is 3.11. The molecule has 5 nitrogen and oxygen atoms in total. The molecule has 0 radical (unpaired) electrons. The highest BCUT2D eigenvalue weighted by atomic mass is 19.1. The van der Waals surface area contributed by atoms with Gasteiger partial charge in [-0.15, -0.1) is 0 Å². The zero-order valence-corrected chi connectivity index (χ0v) is 13.4. The Bertz CT molecular complexity index is 589. The lowest BCUT2D eigenvalue weighted by Crippen LogP contribution is -2.41. The number of hydrogen-bond donors (Lipinski definition) is 1. The zero-order valence-electron chi connectivity index (χ0n) is 13.4. The molecule has 1 aromatic carbocycles. The average Bonchev–Trinajstić information content (AvgIpc) is 2.65. The first kappa shape index (κ1) is 16.4. The van der Waals surface area contributed by atoms with Gasteiger partial charge in [-0.1, -0.05) is 18.2 Å². The summed E-state index contributed by atoms with van der Waals surface area (Å²) in [6, 6.07) is 6.10. The zero-order chi connectivity index (χ0) is 16.5. The molecule has 1 aliphatic rings. The number of carbonyl (C=O) groups is 2. The molecule has 1 atom stereocenters. The van der Waals surface area contributed by atoms with Crippen LogP contribution in [0.3, 0.4) is 0 Å². The van der Waals surface area contributed by atoms with Crippen molar-refractivity contribution in [3.05, 3.63) is 35.6 Å². The van der Waals surface area contributed by atoms with Crippen LogP contribution < -0.4 is 5.32 Å². The van der Waals surface area contributed by atoms with E-state index in [9.17, 15) is 14.0 Å². The third-order valence-corrected chi connectivity index (χ3v) is 4.14. The Balaban J connectivity index is 1.99. The number of benzene rings is 1. The van der Waals surface area contributed by atoms with Gasteiger partial charge in [0.05, 0.1) is 0 Å². The lowest BCUT2D eigenvalue weighted by molar-refractivity contribution is -0.130. The topological polar surface area (TPSA) is 52.6 Å². The van der Waals surface area contributed by atoms with Crippen LogP contribution in [-0.2, 0) is 4.79 Å². The first-order valence-electron chi connectivity index (χ1n) is 7.33. The number of hydrogen-bond acceptors (Lipinski definition) is 3. The fraction of sp³-hybridized carbons (Fsp3) is 0.500. The normalized spacial score (nSPS) is 18.7. The standard InChI is InChI=1S/C16H22FN3O2/c1-11(12-7-5-6-8-13(12)17)19(4)9-10-20-14(21)16(2,3)18-15(20)22/h5-8,11H,9-10H2,1-4H3,(H,18,22). The molecule has 120 valence electrons. The van der Waals surface area contributed by atoms with Gasteiger partial charge in [0.15, 0.2) is 0 Å². The summed E-state index contributed by atoms with van der Waals surface area (Å²) >= 11 is 0. The fourth-order valence-corrected chi connectivity index (χ4v) is 2.52. The lowest BCUT2D eigenvalue weighted by atomic mass is 10.1. The highest BCUT2D eigenvalue weighted by Crippen LogP contribution is 2.22.